The van der Waals surface area contributed by atoms with Gasteiger partial charge in [-0.3, -0.25) is 4.79 Å². The van der Waals surface area contributed by atoms with Crippen molar-refractivity contribution >= 4 is 29.7 Å². The molecule has 0 aromatic heterocycles. The minimum absolute atomic E-state index is 0.0720. The molecule has 2 aliphatic rings. The van der Waals surface area contributed by atoms with Crippen LogP contribution < -0.4 is 10.6 Å². The number of ether oxygens (including phenoxy) is 1. The molecule has 0 spiro atoms. The minimum Gasteiger partial charge on any atom is -0.480 e. The molecule has 1 saturated carbocycles. The summed E-state index contributed by atoms with van der Waals surface area (Å²) >= 11 is 1.52. The average Bonchev–Trinajstić information content (AvgIpc) is 3.11. The third kappa shape index (κ3) is 4.71. The molecule has 2 aromatic rings. The number of carboxylic acid groups (broad SMARTS) is 1. The molecule has 2 aliphatic carbocycles. The molecule has 8 heteroatoms. The first-order valence-electron chi connectivity index (χ1n) is 11.1. The van der Waals surface area contributed by atoms with Gasteiger partial charge < -0.3 is 20.5 Å². The number of fused-ring (bicyclic) bond motifs is 3. The summed E-state index contributed by atoms with van der Waals surface area (Å²) in [6.45, 7) is 0.156. The van der Waals surface area contributed by atoms with Crippen molar-refractivity contribution in [3.05, 3.63) is 59.7 Å². The highest BCUT2D eigenvalue weighted by molar-refractivity contribution is 7.98. The number of nitrogens with one attached hydrogen (secondary N) is 2. The van der Waals surface area contributed by atoms with Crippen molar-refractivity contribution in [1.29, 1.82) is 0 Å². The van der Waals surface area contributed by atoms with Crippen molar-refractivity contribution in [2.45, 2.75) is 43.2 Å². The molecule has 0 aliphatic heterocycles. The van der Waals surface area contributed by atoms with Crippen LogP contribution in [0.15, 0.2) is 48.5 Å². The number of carboxylic acids is 1. The molecular weight excluding hydrogens is 440 g/mol. The molecule has 2 amide bonds. The Hall–Kier alpha value is -3.00. The second-order valence-corrected chi connectivity index (χ2v) is 9.52. The van der Waals surface area contributed by atoms with Crippen molar-refractivity contribution in [3.8, 4) is 11.1 Å². The van der Waals surface area contributed by atoms with Crippen molar-refractivity contribution in [3.63, 3.8) is 0 Å². The quantitative estimate of drug-likeness (QED) is 0.518. The van der Waals surface area contributed by atoms with E-state index in [1.807, 2.05) is 42.7 Å². The summed E-state index contributed by atoms with van der Waals surface area (Å²) in [6.07, 6.45) is 3.23. The number of benzene rings is 2. The summed E-state index contributed by atoms with van der Waals surface area (Å²) in [6, 6.07) is 15.2. The predicted molar refractivity (Wildman–Crippen MR) is 127 cm³/mol. The van der Waals surface area contributed by atoms with E-state index >= 15 is 0 Å². The van der Waals surface area contributed by atoms with E-state index < -0.39 is 29.6 Å². The zero-order chi connectivity index (χ0) is 23.4. The number of alkyl carbamates (subject to hydrolysis) is 1. The molecule has 0 bridgehead atoms. The number of carbonyl (C=O) groups excluding carboxylic acids is 2. The normalized spacial score (nSPS) is 16.6. The van der Waals surface area contributed by atoms with E-state index in [1.165, 1.54) is 11.8 Å². The van der Waals surface area contributed by atoms with Gasteiger partial charge in [0.2, 0.25) is 5.91 Å². The third-order valence-electron chi connectivity index (χ3n) is 6.54. The smallest absolute Gasteiger partial charge is 0.408 e. The Morgan fingerprint density at radius 2 is 1.70 bits per heavy atom. The number of thioether (sulfide) groups is 1. The highest BCUT2D eigenvalue weighted by atomic mass is 32.2. The van der Waals surface area contributed by atoms with Gasteiger partial charge in [0.25, 0.3) is 0 Å². The van der Waals surface area contributed by atoms with Crippen LogP contribution in [0.5, 0.6) is 0 Å². The predicted octanol–water partition coefficient (Wildman–Crippen LogP) is 3.77. The maximum Gasteiger partial charge on any atom is 0.408 e. The summed E-state index contributed by atoms with van der Waals surface area (Å²) in [5.41, 5.74) is 3.39. The number of hydrogen-bond donors (Lipinski definition) is 3. The number of rotatable bonds is 9. The molecule has 174 valence electrons. The second-order valence-electron chi connectivity index (χ2n) is 8.53. The monoisotopic (exact) mass is 468 g/mol. The summed E-state index contributed by atoms with van der Waals surface area (Å²) < 4.78 is 5.59. The highest BCUT2D eigenvalue weighted by Gasteiger charge is 2.47. The molecule has 33 heavy (non-hydrogen) atoms. The SMILES string of the molecule is CSCCC(NC(=O)C1(NC(=O)OCC2c3ccccc3-c3ccccc32)CCC1)C(=O)O. The zero-order valence-electron chi connectivity index (χ0n) is 18.5. The van der Waals surface area contributed by atoms with Crippen LogP contribution in [0.4, 0.5) is 4.79 Å². The topological polar surface area (TPSA) is 105 Å². The van der Waals surface area contributed by atoms with Gasteiger partial charge in [0.15, 0.2) is 0 Å². The second kappa shape index (κ2) is 9.87. The standard InChI is InChI=1S/C25H28N2O5S/c1-33-14-11-21(22(28)29)26-23(30)25(12-6-13-25)27-24(31)32-15-20-18-9-4-2-7-16(18)17-8-3-5-10-19(17)20/h2-5,7-10,20-21H,6,11-15H2,1H3,(H,26,30)(H,27,31)(H,28,29). The molecule has 0 radical (unpaired) electrons. The van der Waals surface area contributed by atoms with Crippen molar-refractivity contribution in [2.75, 3.05) is 18.6 Å². The highest BCUT2D eigenvalue weighted by Crippen LogP contribution is 2.44. The van der Waals surface area contributed by atoms with Gasteiger partial charge in [-0.15, -0.1) is 0 Å². The Balaban J connectivity index is 1.40. The van der Waals surface area contributed by atoms with E-state index in [0.717, 1.165) is 28.7 Å². The van der Waals surface area contributed by atoms with Crippen LogP contribution in [0, 0.1) is 0 Å². The molecule has 3 N–H and O–H groups in total. The van der Waals surface area contributed by atoms with E-state index in [-0.39, 0.29) is 12.5 Å². The van der Waals surface area contributed by atoms with Gasteiger partial charge in [-0.1, -0.05) is 48.5 Å². The van der Waals surface area contributed by atoms with Crippen LogP contribution in [0.1, 0.15) is 42.7 Å². The largest absolute Gasteiger partial charge is 0.480 e. The molecule has 0 saturated heterocycles. The van der Waals surface area contributed by atoms with Crippen molar-refractivity contribution < 1.29 is 24.2 Å². The molecule has 4 rings (SSSR count). The van der Waals surface area contributed by atoms with E-state index in [2.05, 4.69) is 22.8 Å². The van der Waals surface area contributed by atoms with Gasteiger partial charge in [0.05, 0.1) is 0 Å². The summed E-state index contributed by atoms with van der Waals surface area (Å²) in [4.78, 5) is 37.1. The first-order valence-corrected chi connectivity index (χ1v) is 12.5. The third-order valence-corrected chi connectivity index (χ3v) is 7.18. The van der Waals surface area contributed by atoms with E-state index in [1.54, 1.807) is 0 Å². The molecule has 7 nitrogen and oxygen atoms in total. The van der Waals surface area contributed by atoms with Crippen LogP contribution in [0.2, 0.25) is 0 Å². The van der Waals surface area contributed by atoms with Crippen LogP contribution in [-0.4, -0.2) is 53.3 Å². The lowest BCUT2D eigenvalue weighted by Crippen LogP contribution is -2.64. The van der Waals surface area contributed by atoms with Crippen LogP contribution in [0.3, 0.4) is 0 Å². The Bertz CT molecular complexity index is 1010. The lowest BCUT2D eigenvalue weighted by Gasteiger charge is -2.40. The van der Waals surface area contributed by atoms with E-state index in [9.17, 15) is 19.5 Å². The van der Waals surface area contributed by atoms with Crippen molar-refractivity contribution in [1.82, 2.24) is 10.6 Å². The summed E-state index contributed by atoms with van der Waals surface area (Å²) in [5, 5.41) is 14.7. The fourth-order valence-corrected chi connectivity index (χ4v) is 5.03. The lowest BCUT2D eigenvalue weighted by molar-refractivity contribution is -0.143. The molecule has 2 aromatic carbocycles. The number of hydrogen-bond acceptors (Lipinski definition) is 5. The fraction of sp³-hybridized carbons (Fsp3) is 0.400. The number of carbonyl (C=O) groups is 3. The Morgan fingerprint density at radius 1 is 1.09 bits per heavy atom. The zero-order valence-corrected chi connectivity index (χ0v) is 19.3. The van der Waals surface area contributed by atoms with Crippen LogP contribution >= 0.6 is 11.8 Å². The Morgan fingerprint density at radius 3 is 2.21 bits per heavy atom. The molecular formula is C25H28N2O5S. The molecule has 0 heterocycles. The van der Waals surface area contributed by atoms with E-state index in [4.69, 9.17) is 4.74 Å². The summed E-state index contributed by atoms with van der Waals surface area (Å²) in [5.74, 6) is -0.995. The molecule has 1 fully saturated rings. The molecule has 1 atom stereocenters. The maximum atomic E-state index is 12.9. The van der Waals surface area contributed by atoms with Gasteiger partial charge in [0, 0.05) is 5.92 Å². The van der Waals surface area contributed by atoms with Gasteiger partial charge >= 0.3 is 12.1 Å². The number of amides is 2. The van der Waals surface area contributed by atoms with Crippen molar-refractivity contribution in [2.24, 2.45) is 0 Å². The fourth-order valence-electron chi connectivity index (χ4n) is 4.56. The van der Waals surface area contributed by atoms with Gasteiger partial charge in [-0.2, -0.15) is 11.8 Å². The average molecular weight is 469 g/mol. The Kier molecular flexibility index (Phi) is 6.93. The first kappa shape index (κ1) is 23.2. The van der Waals surface area contributed by atoms with Gasteiger partial charge in [-0.05, 0) is 59.9 Å². The summed E-state index contributed by atoms with van der Waals surface area (Å²) in [7, 11) is 0. The number of aliphatic carboxylic acids is 1. The van der Waals surface area contributed by atoms with Crippen LogP contribution in [-0.2, 0) is 14.3 Å². The van der Waals surface area contributed by atoms with Gasteiger partial charge in [-0.25, -0.2) is 9.59 Å². The first-order chi connectivity index (χ1) is 15.9. The lowest BCUT2D eigenvalue weighted by atomic mass is 9.76. The van der Waals surface area contributed by atoms with Crippen LogP contribution in [0.25, 0.3) is 11.1 Å². The maximum absolute atomic E-state index is 12.9. The Labute approximate surface area is 197 Å². The minimum atomic E-state index is -1.12. The van der Waals surface area contributed by atoms with Gasteiger partial charge in [0.1, 0.15) is 18.2 Å². The van der Waals surface area contributed by atoms with E-state index in [0.29, 0.717) is 25.0 Å². The molecule has 1 unspecified atom stereocenters.